The lowest BCUT2D eigenvalue weighted by molar-refractivity contribution is -0.142. The third kappa shape index (κ3) is 6.82. The van der Waals surface area contributed by atoms with Crippen LogP contribution in [-0.2, 0) is 19.1 Å². The molecule has 8 heteroatoms. The number of carbonyl (C=O) groups excluding carboxylic acids is 2. The van der Waals surface area contributed by atoms with Crippen molar-refractivity contribution in [1.82, 2.24) is 9.80 Å². The van der Waals surface area contributed by atoms with Gasteiger partial charge < -0.3 is 19.1 Å². The normalized spacial score (nSPS) is 14.7. The van der Waals surface area contributed by atoms with E-state index in [2.05, 4.69) is 9.64 Å². The first-order chi connectivity index (χ1) is 12.6. The number of para-hydroxylation sites is 1. The first-order valence-corrected chi connectivity index (χ1v) is 9.00. The average Bonchev–Trinajstić information content (AvgIpc) is 2.67. The molecule has 0 aliphatic carbocycles. The molecule has 0 unspecified atom stereocenters. The highest BCUT2D eigenvalue weighted by atomic mass is 35.5. The predicted molar refractivity (Wildman–Crippen MR) is 97.4 cm³/mol. The number of morpholine rings is 1. The van der Waals surface area contributed by atoms with E-state index >= 15 is 0 Å². The Morgan fingerprint density at radius 1 is 1.23 bits per heavy atom. The van der Waals surface area contributed by atoms with Crippen LogP contribution in [0.2, 0.25) is 5.02 Å². The average molecular weight is 385 g/mol. The van der Waals surface area contributed by atoms with Crippen LogP contribution in [0.15, 0.2) is 24.3 Å². The predicted octanol–water partition coefficient (Wildman–Crippen LogP) is 1.44. The number of amides is 1. The van der Waals surface area contributed by atoms with Crippen molar-refractivity contribution in [1.29, 1.82) is 0 Å². The maximum Gasteiger partial charge on any atom is 0.307 e. The molecule has 0 atom stereocenters. The monoisotopic (exact) mass is 384 g/mol. The van der Waals surface area contributed by atoms with E-state index in [0.29, 0.717) is 37.1 Å². The second-order valence-electron chi connectivity index (χ2n) is 5.88. The molecule has 0 spiro atoms. The standard InChI is InChI=1S/C18H25ClN2O5/c1-24-18(23)6-7-21(9-8-20-10-12-25-13-11-20)17(22)14-26-16-5-3-2-4-15(16)19/h2-5H,6-14H2,1H3. The van der Waals surface area contributed by atoms with E-state index in [0.717, 1.165) is 19.6 Å². The largest absolute Gasteiger partial charge is 0.482 e. The molecule has 1 aromatic rings. The number of benzene rings is 1. The van der Waals surface area contributed by atoms with E-state index in [4.69, 9.17) is 21.1 Å². The van der Waals surface area contributed by atoms with Gasteiger partial charge in [0.2, 0.25) is 0 Å². The number of ether oxygens (including phenoxy) is 3. The molecule has 1 saturated heterocycles. The summed E-state index contributed by atoms with van der Waals surface area (Å²) in [7, 11) is 1.34. The van der Waals surface area contributed by atoms with Gasteiger partial charge in [0.15, 0.2) is 6.61 Å². The van der Waals surface area contributed by atoms with Crippen molar-refractivity contribution in [2.75, 3.05) is 59.7 Å². The molecule has 144 valence electrons. The Morgan fingerprint density at radius 2 is 1.96 bits per heavy atom. The summed E-state index contributed by atoms with van der Waals surface area (Å²) >= 11 is 6.04. The second kappa shape index (κ2) is 11.0. The first kappa shape index (κ1) is 20.5. The molecule has 2 rings (SSSR count). The highest BCUT2D eigenvalue weighted by Crippen LogP contribution is 2.23. The molecule has 1 aliphatic heterocycles. The van der Waals surface area contributed by atoms with Gasteiger partial charge in [-0.2, -0.15) is 0 Å². The van der Waals surface area contributed by atoms with Crippen molar-refractivity contribution in [2.24, 2.45) is 0 Å². The molecule has 1 fully saturated rings. The van der Waals surface area contributed by atoms with Gasteiger partial charge in [-0.3, -0.25) is 14.5 Å². The molecule has 0 N–H and O–H groups in total. The molecule has 26 heavy (non-hydrogen) atoms. The van der Waals surface area contributed by atoms with E-state index in [9.17, 15) is 9.59 Å². The smallest absolute Gasteiger partial charge is 0.307 e. The van der Waals surface area contributed by atoms with E-state index in [1.54, 1.807) is 29.2 Å². The Kier molecular flexibility index (Phi) is 8.67. The molecule has 7 nitrogen and oxygen atoms in total. The van der Waals surface area contributed by atoms with Gasteiger partial charge in [0, 0.05) is 32.7 Å². The van der Waals surface area contributed by atoms with Gasteiger partial charge in [-0.05, 0) is 12.1 Å². The Labute approximate surface area is 158 Å². The van der Waals surface area contributed by atoms with Crippen LogP contribution in [0.1, 0.15) is 6.42 Å². The molecule has 1 heterocycles. The highest BCUT2D eigenvalue weighted by molar-refractivity contribution is 6.32. The Hall–Kier alpha value is -1.83. The number of hydrogen-bond acceptors (Lipinski definition) is 6. The Bertz CT molecular complexity index is 593. The van der Waals surface area contributed by atoms with E-state index in [1.807, 2.05) is 0 Å². The molecule has 0 bridgehead atoms. The fourth-order valence-corrected chi connectivity index (χ4v) is 2.76. The number of carbonyl (C=O) groups is 2. The summed E-state index contributed by atoms with van der Waals surface area (Å²) in [6.07, 6.45) is 0.150. The van der Waals surface area contributed by atoms with E-state index in [1.165, 1.54) is 7.11 Å². The summed E-state index contributed by atoms with van der Waals surface area (Å²) in [5, 5.41) is 0.453. The third-order valence-electron chi connectivity index (χ3n) is 4.14. The Balaban J connectivity index is 1.88. The van der Waals surface area contributed by atoms with Crippen molar-refractivity contribution in [2.45, 2.75) is 6.42 Å². The number of hydrogen-bond donors (Lipinski definition) is 0. The molecule has 0 saturated carbocycles. The fourth-order valence-electron chi connectivity index (χ4n) is 2.57. The molecule has 1 aromatic carbocycles. The fraction of sp³-hybridized carbons (Fsp3) is 0.556. The molecular formula is C18H25ClN2O5. The number of halogens is 1. The van der Waals surface area contributed by atoms with Crippen molar-refractivity contribution in [3.05, 3.63) is 29.3 Å². The number of esters is 1. The lowest BCUT2D eigenvalue weighted by atomic mass is 10.3. The summed E-state index contributed by atoms with van der Waals surface area (Å²) in [6, 6.07) is 7.00. The van der Waals surface area contributed by atoms with Crippen LogP contribution in [0.3, 0.4) is 0 Å². The molecule has 0 aromatic heterocycles. The summed E-state index contributed by atoms with van der Waals surface area (Å²) in [5.41, 5.74) is 0. The van der Waals surface area contributed by atoms with Crippen LogP contribution in [0, 0.1) is 0 Å². The zero-order valence-corrected chi connectivity index (χ0v) is 15.7. The second-order valence-corrected chi connectivity index (χ2v) is 6.29. The maximum absolute atomic E-state index is 12.6. The van der Waals surface area contributed by atoms with Gasteiger partial charge in [0.1, 0.15) is 5.75 Å². The van der Waals surface area contributed by atoms with Gasteiger partial charge in [-0.1, -0.05) is 23.7 Å². The number of rotatable bonds is 9. The summed E-state index contributed by atoms with van der Waals surface area (Å²) < 4.78 is 15.5. The van der Waals surface area contributed by atoms with Crippen molar-refractivity contribution in [3.8, 4) is 5.75 Å². The summed E-state index contributed by atoms with van der Waals surface area (Å²) in [4.78, 5) is 27.9. The van der Waals surface area contributed by atoms with Crippen molar-refractivity contribution < 1.29 is 23.8 Å². The van der Waals surface area contributed by atoms with Crippen LogP contribution < -0.4 is 4.74 Å². The van der Waals surface area contributed by atoms with Crippen LogP contribution in [0.25, 0.3) is 0 Å². The van der Waals surface area contributed by atoms with Gasteiger partial charge in [0.05, 0.1) is 31.8 Å². The van der Waals surface area contributed by atoms with Crippen LogP contribution in [-0.4, -0.2) is 81.3 Å². The van der Waals surface area contributed by atoms with E-state index in [-0.39, 0.29) is 24.9 Å². The van der Waals surface area contributed by atoms with Crippen molar-refractivity contribution in [3.63, 3.8) is 0 Å². The van der Waals surface area contributed by atoms with Gasteiger partial charge in [0.25, 0.3) is 5.91 Å². The van der Waals surface area contributed by atoms with E-state index < -0.39 is 0 Å². The minimum atomic E-state index is -0.346. The minimum Gasteiger partial charge on any atom is -0.482 e. The SMILES string of the molecule is COC(=O)CCN(CCN1CCOCC1)C(=O)COc1ccccc1Cl. The number of methoxy groups -OCH3 is 1. The highest BCUT2D eigenvalue weighted by Gasteiger charge is 2.18. The zero-order chi connectivity index (χ0) is 18.8. The molecule has 0 radical (unpaired) electrons. The third-order valence-corrected chi connectivity index (χ3v) is 4.46. The lowest BCUT2D eigenvalue weighted by Crippen LogP contribution is -2.44. The van der Waals surface area contributed by atoms with Gasteiger partial charge >= 0.3 is 5.97 Å². The lowest BCUT2D eigenvalue weighted by Gasteiger charge is -2.30. The summed E-state index contributed by atoms with van der Waals surface area (Å²) in [5.74, 6) is -0.0770. The Morgan fingerprint density at radius 3 is 2.65 bits per heavy atom. The zero-order valence-electron chi connectivity index (χ0n) is 15.0. The molecule has 1 amide bonds. The van der Waals surface area contributed by atoms with Crippen LogP contribution in [0.4, 0.5) is 0 Å². The first-order valence-electron chi connectivity index (χ1n) is 8.62. The van der Waals surface area contributed by atoms with Gasteiger partial charge in [-0.15, -0.1) is 0 Å². The van der Waals surface area contributed by atoms with Crippen molar-refractivity contribution >= 4 is 23.5 Å². The molecular weight excluding hydrogens is 360 g/mol. The molecule has 1 aliphatic rings. The topological polar surface area (TPSA) is 68.3 Å². The quantitative estimate of drug-likeness (QED) is 0.600. The number of nitrogens with zero attached hydrogens (tertiary/aromatic N) is 2. The summed E-state index contributed by atoms with van der Waals surface area (Å²) in [6.45, 7) is 4.49. The van der Waals surface area contributed by atoms with Gasteiger partial charge in [-0.25, -0.2) is 0 Å². The van der Waals surface area contributed by atoms with Crippen LogP contribution >= 0.6 is 11.6 Å². The minimum absolute atomic E-state index is 0.131. The van der Waals surface area contributed by atoms with Crippen LogP contribution in [0.5, 0.6) is 5.75 Å². The maximum atomic E-state index is 12.6.